The van der Waals surface area contributed by atoms with Gasteiger partial charge in [-0.15, -0.1) is 10.2 Å². The number of aryl methyl sites for hydroxylation is 1. The van der Waals surface area contributed by atoms with E-state index in [-0.39, 0.29) is 0 Å². The normalized spacial score (nSPS) is 21.1. The number of hydrogen-bond acceptors (Lipinski definition) is 5. The molecule has 8 nitrogen and oxygen atoms in total. The van der Waals surface area contributed by atoms with Gasteiger partial charge in [0.1, 0.15) is 12.4 Å². The average Bonchev–Trinajstić information content (AvgIpc) is 3.38. The zero-order valence-electron chi connectivity index (χ0n) is 16.2. The van der Waals surface area contributed by atoms with Crippen molar-refractivity contribution >= 4 is 5.96 Å². The number of hydrogen-bond donors (Lipinski definition) is 1. The van der Waals surface area contributed by atoms with Crippen molar-refractivity contribution in [2.75, 3.05) is 46.4 Å². The third-order valence-electron chi connectivity index (χ3n) is 5.19. The smallest absolute Gasteiger partial charge is 0.194 e. The van der Waals surface area contributed by atoms with Crippen molar-refractivity contribution in [2.45, 2.75) is 32.4 Å². The summed E-state index contributed by atoms with van der Waals surface area (Å²) in [5, 5.41) is 11.9. The maximum absolute atomic E-state index is 5.15. The lowest BCUT2D eigenvalue weighted by molar-refractivity contribution is 0.195. The van der Waals surface area contributed by atoms with Crippen LogP contribution < -0.4 is 5.32 Å². The van der Waals surface area contributed by atoms with Gasteiger partial charge < -0.3 is 19.5 Å². The molecule has 3 heterocycles. The van der Waals surface area contributed by atoms with Crippen LogP contribution in [0, 0.1) is 6.92 Å². The molecule has 1 saturated heterocycles. The molecule has 0 aliphatic carbocycles. The topological polar surface area (TPSA) is 70.8 Å². The maximum Gasteiger partial charge on any atom is 0.194 e. The van der Waals surface area contributed by atoms with Crippen LogP contribution in [0.1, 0.15) is 24.5 Å². The Labute approximate surface area is 155 Å². The molecule has 1 fully saturated rings. The van der Waals surface area contributed by atoms with Crippen molar-refractivity contribution in [1.29, 1.82) is 0 Å². The van der Waals surface area contributed by atoms with Crippen LogP contribution in [0.25, 0.3) is 0 Å². The summed E-state index contributed by atoms with van der Waals surface area (Å²) in [6, 6.07) is 0.605. The molecule has 0 saturated carbocycles. The van der Waals surface area contributed by atoms with Gasteiger partial charge in [0.25, 0.3) is 0 Å². The van der Waals surface area contributed by atoms with Crippen LogP contribution in [-0.4, -0.2) is 83.0 Å². The summed E-state index contributed by atoms with van der Waals surface area (Å²) in [6.45, 7) is 8.32. The Morgan fingerprint density at radius 3 is 2.85 bits per heavy atom. The third kappa shape index (κ3) is 4.62. The number of rotatable bonds is 7. The van der Waals surface area contributed by atoms with E-state index in [2.05, 4.69) is 37.5 Å². The third-order valence-corrected chi connectivity index (χ3v) is 5.19. The molecule has 0 aromatic carbocycles. The SMILES string of the molecule is COCCCNC(=NCc1nnc(C)n1C)N1CCC(N2CC=CC2)C1. The number of ether oxygens (including phenoxy) is 1. The second kappa shape index (κ2) is 9.14. The van der Waals surface area contributed by atoms with E-state index < -0.39 is 0 Å². The largest absolute Gasteiger partial charge is 0.385 e. The molecule has 1 aromatic heterocycles. The summed E-state index contributed by atoms with van der Waals surface area (Å²) in [4.78, 5) is 9.75. The number of guanidine groups is 1. The van der Waals surface area contributed by atoms with Crippen molar-refractivity contribution in [3.8, 4) is 0 Å². The lowest BCUT2D eigenvalue weighted by Gasteiger charge is -2.25. The van der Waals surface area contributed by atoms with Crippen LogP contribution >= 0.6 is 0 Å². The minimum atomic E-state index is 0.538. The van der Waals surface area contributed by atoms with E-state index in [1.165, 1.54) is 6.42 Å². The predicted octanol–water partition coefficient (Wildman–Crippen LogP) is 0.552. The van der Waals surface area contributed by atoms with Gasteiger partial charge in [0.05, 0.1) is 0 Å². The number of aliphatic imine (C=N–C) groups is 1. The summed E-state index contributed by atoms with van der Waals surface area (Å²) < 4.78 is 7.15. The fourth-order valence-corrected chi connectivity index (χ4v) is 3.44. The van der Waals surface area contributed by atoms with Gasteiger partial charge in [-0.25, -0.2) is 4.99 Å². The van der Waals surface area contributed by atoms with Crippen molar-refractivity contribution in [3.63, 3.8) is 0 Å². The Morgan fingerprint density at radius 1 is 1.35 bits per heavy atom. The van der Waals surface area contributed by atoms with Gasteiger partial charge >= 0.3 is 0 Å². The molecule has 1 aromatic rings. The molecule has 8 heteroatoms. The van der Waals surface area contributed by atoms with E-state index in [1.807, 2.05) is 18.5 Å². The fraction of sp³-hybridized carbons (Fsp3) is 0.722. The van der Waals surface area contributed by atoms with Gasteiger partial charge in [-0.2, -0.15) is 0 Å². The van der Waals surface area contributed by atoms with Crippen molar-refractivity contribution < 1.29 is 4.74 Å². The quantitative estimate of drug-likeness (QED) is 0.331. The Kier molecular flexibility index (Phi) is 6.62. The van der Waals surface area contributed by atoms with Gasteiger partial charge in [-0.05, 0) is 19.8 Å². The van der Waals surface area contributed by atoms with E-state index in [4.69, 9.17) is 9.73 Å². The number of nitrogens with zero attached hydrogens (tertiary/aromatic N) is 6. The maximum atomic E-state index is 5.15. The fourth-order valence-electron chi connectivity index (χ4n) is 3.44. The van der Waals surface area contributed by atoms with Crippen molar-refractivity contribution in [2.24, 2.45) is 12.0 Å². The molecule has 2 aliphatic rings. The predicted molar refractivity (Wildman–Crippen MR) is 102 cm³/mol. The molecule has 144 valence electrons. The van der Waals surface area contributed by atoms with Crippen LogP contribution in [0.4, 0.5) is 0 Å². The van der Waals surface area contributed by atoms with Crippen LogP contribution in [0.3, 0.4) is 0 Å². The summed E-state index contributed by atoms with van der Waals surface area (Å²) in [7, 11) is 3.72. The molecule has 1 atom stereocenters. The number of nitrogens with one attached hydrogen (secondary N) is 1. The minimum absolute atomic E-state index is 0.538. The molecule has 0 radical (unpaired) electrons. The standard InChI is InChI=1S/C18H31N7O/c1-15-21-22-17(23(15)2)13-20-18(19-8-6-12-26-3)25-11-7-16(14-25)24-9-4-5-10-24/h4-5,16H,6-14H2,1-3H3,(H,19,20). The van der Waals surface area contributed by atoms with E-state index in [0.29, 0.717) is 12.6 Å². The summed E-state index contributed by atoms with van der Waals surface area (Å²) >= 11 is 0. The first kappa shape index (κ1) is 18.8. The minimum Gasteiger partial charge on any atom is -0.385 e. The molecule has 0 spiro atoms. The molecule has 0 amide bonds. The monoisotopic (exact) mass is 361 g/mol. The first-order valence-electron chi connectivity index (χ1n) is 9.45. The second-order valence-electron chi connectivity index (χ2n) is 6.95. The molecule has 2 aliphatic heterocycles. The van der Waals surface area contributed by atoms with Gasteiger partial charge in [0.15, 0.2) is 11.8 Å². The lowest BCUT2D eigenvalue weighted by Crippen LogP contribution is -2.43. The molecule has 1 unspecified atom stereocenters. The summed E-state index contributed by atoms with van der Waals surface area (Å²) in [5.74, 6) is 2.77. The zero-order valence-corrected chi connectivity index (χ0v) is 16.2. The molecule has 3 rings (SSSR count). The number of methoxy groups -OCH3 is 1. The molecule has 1 N–H and O–H groups in total. The Hall–Kier alpha value is -1.93. The van der Waals surface area contributed by atoms with Gasteiger partial charge in [0, 0.05) is 59.5 Å². The van der Waals surface area contributed by atoms with Crippen molar-refractivity contribution in [1.82, 2.24) is 29.9 Å². The van der Waals surface area contributed by atoms with Gasteiger partial charge in [-0.1, -0.05) is 12.2 Å². The highest BCUT2D eigenvalue weighted by Crippen LogP contribution is 2.18. The number of aromatic nitrogens is 3. The Balaban J connectivity index is 1.62. The van der Waals surface area contributed by atoms with Crippen LogP contribution in [0.2, 0.25) is 0 Å². The molecular formula is C18H31N7O. The summed E-state index contributed by atoms with van der Waals surface area (Å²) in [6.07, 6.45) is 6.67. The second-order valence-corrected chi connectivity index (χ2v) is 6.95. The van der Waals surface area contributed by atoms with E-state index in [0.717, 1.165) is 63.4 Å². The number of likely N-dealkylation sites (tertiary alicyclic amines) is 1. The molecule has 0 bridgehead atoms. The lowest BCUT2D eigenvalue weighted by atomic mass is 10.2. The Bertz CT molecular complexity index is 631. The van der Waals surface area contributed by atoms with Crippen LogP contribution in [0.5, 0.6) is 0 Å². The van der Waals surface area contributed by atoms with Crippen LogP contribution in [0.15, 0.2) is 17.1 Å². The van der Waals surface area contributed by atoms with Crippen molar-refractivity contribution in [3.05, 3.63) is 23.8 Å². The Morgan fingerprint density at radius 2 is 2.15 bits per heavy atom. The highest BCUT2D eigenvalue weighted by molar-refractivity contribution is 5.80. The van der Waals surface area contributed by atoms with E-state index >= 15 is 0 Å². The van der Waals surface area contributed by atoms with E-state index in [9.17, 15) is 0 Å². The first-order chi connectivity index (χ1) is 12.7. The molecular weight excluding hydrogens is 330 g/mol. The summed E-state index contributed by atoms with van der Waals surface area (Å²) in [5.41, 5.74) is 0. The highest BCUT2D eigenvalue weighted by Gasteiger charge is 2.29. The molecule has 26 heavy (non-hydrogen) atoms. The first-order valence-corrected chi connectivity index (χ1v) is 9.45. The van der Waals surface area contributed by atoms with Gasteiger partial charge in [-0.3, -0.25) is 4.90 Å². The average molecular weight is 361 g/mol. The van der Waals surface area contributed by atoms with E-state index in [1.54, 1.807) is 7.11 Å². The highest BCUT2D eigenvalue weighted by atomic mass is 16.5. The van der Waals surface area contributed by atoms with Gasteiger partial charge in [0.2, 0.25) is 0 Å². The van der Waals surface area contributed by atoms with Crippen LogP contribution in [-0.2, 0) is 18.3 Å². The zero-order chi connectivity index (χ0) is 18.4.